The SMILES string of the molecule is Cc1ccc(-c2nc3cc(C)ccn3c2/C=C/C(=O)N2CCC(C(=O)O)CC2)cc1. The molecule has 1 N–H and O–H groups in total. The number of piperidine rings is 1. The zero-order chi connectivity index (χ0) is 21.3. The first kappa shape index (κ1) is 19.9. The maximum absolute atomic E-state index is 12.7. The van der Waals surface area contributed by atoms with Crippen molar-refractivity contribution in [1.29, 1.82) is 0 Å². The van der Waals surface area contributed by atoms with E-state index in [0.717, 1.165) is 28.2 Å². The molecule has 3 heterocycles. The molecule has 0 saturated carbocycles. The average Bonchev–Trinajstić information content (AvgIpc) is 3.10. The summed E-state index contributed by atoms with van der Waals surface area (Å²) in [7, 11) is 0. The van der Waals surface area contributed by atoms with E-state index in [-0.39, 0.29) is 11.8 Å². The molecule has 0 aliphatic carbocycles. The van der Waals surface area contributed by atoms with Crippen LogP contribution in [0.2, 0.25) is 0 Å². The van der Waals surface area contributed by atoms with Crippen molar-refractivity contribution >= 4 is 23.6 Å². The Balaban J connectivity index is 1.64. The van der Waals surface area contributed by atoms with Crippen LogP contribution in [0.1, 0.15) is 29.7 Å². The Labute approximate surface area is 175 Å². The van der Waals surface area contributed by atoms with Crippen LogP contribution in [-0.2, 0) is 9.59 Å². The van der Waals surface area contributed by atoms with Crippen LogP contribution in [0.4, 0.5) is 0 Å². The van der Waals surface area contributed by atoms with Crippen molar-refractivity contribution < 1.29 is 14.7 Å². The maximum atomic E-state index is 12.7. The van der Waals surface area contributed by atoms with E-state index >= 15 is 0 Å². The van der Waals surface area contributed by atoms with Crippen molar-refractivity contribution in [2.24, 2.45) is 5.92 Å². The van der Waals surface area contributed by atoms with E-state index in [4.69, 9.17) is 10.1 Å². The van der Waals surface area contributed by atoms with E-state index in [9.17, 15) is 9.59 Å². The van der Waals surface area contributed by atoms with Crippen molar-refractivity contribution in [3.63, 3.8) is 0 Å². The number of carboxylic acid groups (broad SMARTS) is 1. The Morgan fingerprint density at radius 1 is 1.07 bits per heavy atom. The number of carbonyl (C=O) groups excluding carboxylic acids is 1. The summed E-state index contributed by atoms with van der Waals surface area (Å²) in [4.78, 5) is 30.4. The molecular weight excluding hydrogens is 378 g/mol. The quantitative estimate of drug-likeness (QED) is 0.669. The fourth-order valence-corrected chi connectivity index (χ4v) is 3.85. The molecule has 0 spiro atoms. The van der Waals surface area contributed by atoms with E-state index in [0.29, 0.717) is 25.9 Å². The lowest BCUT2D eigenvalue weighted by Crippen LogP contribution is -2.39. The fourth-order valence-electron chi connectivity index (χ4n) is 3.85. The van der Waals surface area contributed by atoms with Crippen LogP contribution in [0, 0.1) is 19.8 Å². The number of aryl methyl sites for hydroxylation is 2. The number of benzene rings is 1. The number of fused-ring (bicyclic) bond motifs is 1. The number of hydrogen-bond acceptors (Lipinski definition) is 3. The number of amides is 1. The Morgan fingerprint density at radius 2 is 1.77 bits per heavy atom. The van der Waals surface area contributed by atoms with Gasteiger partial charge in [0, 0.05) is 30.9 Å². The van der Waals surface area contributed by atoms with Gasteiger partial charge >= 0.3 is 5.97 Å². The number of nitrogens with zero attached hydrogens (tertiary/aromatic N) is 3. The summed E-state index contributed by atoms with van der Waals surface area (Å²) in [6, 6.07) is 12.2. The number of pyridine rings is 1. The van der Waals surface area contributed by atoms with Gasteiger partial charge in [-0.05, 0) is 50.5 Å². The highest BCUT2D eigenvalue weighted by Crippen LogP contribution is 2.27. The smallest absolute Gasteiger partial charge is 0.306 e. The van der Waals surface area contributed by atoms with Gasteiger partial charge in [0.2, 0.25) is 5.91 Å². The number of hydrogen-bond donors (Lipinski definition) is 1. The summed E-state index contributed by atoms with van der Waals surface area (Å²) in [5, 5.41) is 9.14. The van der Waals surface area contributed by atoms with Gasteiger partial charge in [0.05, 0.1) is 17.3 Å². The van der Waals surface area contributed by atoms with Crippen molar-refractivity contribution in [3.05, 3.63) is 65.5 Å². The normalized spacial score (nSPS) is 15.2. The molecule has 2 aromatic heterocycles. The van der Waals surface area contributed by atoms with E-state index in [1.807, 2.05) is 54.8 Å². The molecule has 3 aromatic rings. The Bertz CT molecular complexity index is 1120. The van der Waals surface area contributed by atoms with Crippen LogP contribution in [-0.4, -0.2) is 44.4 Å². The first-order valence-corrected chi connectivity index (χ1v) is 10.2. The molecule has 1 aliphatic rings. The maximum Gasteiger partial charge on any atom is 0.306 e. The Hall–Kier alpha value is -3.41. The molecule has 1 fully saturated rings. The highest BCUT2D eigenvalue weighted by atomic mass is 16.4. The largest absolute Gasteiger partial charge is 0.481 e. The number of likely N-dealkylation sites (tertiary alicyclic amines) is 1. The predicted molar refractivity (Wildman–Crippen MR) is 116 cm³/mol. The topological polar surface area (TPSA) is 74.9 Å². The number of imidazole rings is 1. The Morgan fingerprint density at radius 3 is 2.43 bits per heavy atom. The van der Waals surface area contributed by atoms with Crippen LogP contribution < -0.4 is 0 Å². The average molecular weight is 403 g/mol. The molecular formula is C24H25N3O3. The van der Waals surface area contributed by atoms with Gasteiger partial charge in [-0.25, -0.2) is 4.98 Å². The van der Waals surface area contributed by atoms with Gasteiger partial charge in [-0.3, -0.25) is 14.0 Å². The van der Waals surface area contributed by atoms with Crippen LogP contribution in [0.25, 0.3) is 23.0 Å². The molecule has 0 radical (unpaired) electrons. The van der Waals surface area contributed by atoms with Crippen LogP contribution in [0.15, 0.2) is 48.7 Å². The second-order valence-electron chi connectivity index (χ2n) is 7.92. The van der Waals surface area contributed by atoms with Gasteiger partial charge in [-0.2, -0.15) is 0 Å². The lowest BCUT2D eigenvalue weighted by Gasteiger charge is -2.29. The number of carboxylic acids is 1. The monoisotopic (exact) mass is 403 g/mol. The number of aliphatic carboxylic acids is 1. The molecule has 1 aromatic carbocycles. The second-order valence-corrected chi connectivity index (χ2v) is 7.92. The van der Waals surface area contributed by atoms with Gasteiger partial charge in [0.15, 0.2) is 0 Å². The minimum Gasteiger partial charge on any atom is -0.481 e. The molecule has 6 heteroatoms. The molecule has 1 aliphatic heterocycles. The van der Waals surface area contributed by atoms with E-state index in [2.05, 4.69) is 12.1 Å². The van der Waals surface area contributed by atoms with Crippen LogP contribution in [0.3, 0.4) is 0 Å². The first-order valence-electron chi connectivity index (χ1n) is 10.2. The van der Waals surface area contributed by atoms with Crippen molar-refractivity contribution in [2.45, 2.75) is 26.7 Å². The summed E-state index contributed by atoms with van der Waals surface area (Å²) in [6.07, 6.45) is 6.35. The van der Waals surface area contributed by atoms with Crippen molar-refractivity contribution in [2.75, 3.05) is 13.1 Å². The minimum absolute atomic E-state index is 0.101. The fraction of sp³-hybridized carbons (Fsp3) is 0.292. The van der Waals surface area contributed by atoms with Crippen molar-refractivity contribution in [3.8, 4) is 11.3 Å². The third kappa shape index (κ3) is 3.99. The summed E-state index contributed by atoms with van der Waals surface area (Å²) >= 11 is 0. The summed E-state index contributed by atoms with van der Waals surface area (Å²) in [5.74, 6) is -1.23. The number of rotatable bonds is 4. The molecule has 6 nitrogen and oxygen atoms in total. The highest BCUT2D eigenvalue weighted by molar-refractivity contribution is 5.93. The summed E-state index contributed by atoms with van der Waals surface area (Å²) in [6.45, 7) is 5.01. The zero-order valence-corrected chi connectivity index (χ0v) is 17.2. The molecule has 0 atom stereocenters. The van der Waals surface area contributed by atoms with E-state index in [1.54, 1.807) is 11.0 Å². The third-order valence-corrected chi connectivity index (χ3v) is 5.68. The lowest BCUT2D eigenvalue weighted by molar-refractivity contribution is -0.144. The summed E-state index contributed by atoms with van der Waals surface area (Å²) in [5.41, 5.74) is 5.80. The molecule has 0 unspecified atom stereocenters. The number of aromatic nitrogens is 2. The first-order chi connectivity index (χ1) is 14.4. The molecule has 154 valence electrons. The van der Waals surface area contributed by atoms with Crippen molar-refractivity contribution in [1.82, 2.24) is 14.3 Å². The second kappa shape index (κ2) is 8.14. The highest BCUT2D eigenvalue weighted by Gasteiger charge is 2.26. The lowest BCUT2D eigenvalue weighted by atomic mass is 9.97. The third-order valence-electron chi connectivity index (χ3n) is 5.68. The van der Waals surface area contributed by atoms with Crippen LogP contribution >= 0.6 is 0 Å². The number of carbonyl (C=O) groups is 2. The predicted octanol–water partition coefficient (Wildman–Crippen LogP) is 3.95. The standard InChI is InChI=1S/C24H25N3O3/c1-16-3-5-18(6-4-16)23-20(27-14-9-17(2)15-21(27)25-23)7-8-22(28)26-12-10-19(11-13-26)24(29)30/h3-9,14-15,19H,10-13H2,1-2H3,(H,29,30)/b8-7+. The zero-order valence-electron chi connectivity index (χ0n) is 17.2. The van der Waals surface area contributed by atoms with Gasteiger partial charge in [0.1, 0.15) is 5.65 Å². The molecule has 0 bridgehead atoms. The molecule has 1 amide bonds. The van der Waals surface area contributed by atoms with E-state index < -0.39 is 5.97 Å². The molecule has 4 rings (SSSR count). The Kier molecular flexibility index (Phi) is 5.40. The van der Waals surface area contributed by atoms with Gasteiger partial charge in [-0.1, -0.05) is 29.8 Å². The van der Waals surface area contributed by atoms with Gasteiger partial charge < -0.3 is 10.0 Å². The summed E-state index contributed by atoms with van der Waals surface area (Å²) < 4.78 is 1.99. The van der Waals surface area contributed by atoms with Gasteiger partial charge in [-0.15, -0.1) is 0 Å². The molecule has 1 saturated heterocycles. The minimum atomic E-state index is -0.776. The molecule has 30 heavy (non-hydrogen) atoms. The van der Waals surface area contributed by atoms with Gasteiger partial charge in [0.25, 0.3) is 0 Å². The van der Waals surface area contributed by atoms with Crippen LogP contribution in [0.5, 0.6) is 0 Å². The van der Waals surface area contributed by atoms with E-state index in [1.165, 1.54) is 5.56 Å².